The molecular formula is C22H20N2O2. The quantitative estimate of drug-likeness (QED) is 0.729. The van der Waals surface area contributed by atoms with Gasteiger partial charge in [-0.05, 0) is 42.8 Å². The summed E-state index contributed by atoms with van der Waals surface area (Å²) in [7, 11) is 0. The van der Waals surface area contributed by atoms with Crippen LogP contribution in [0.5, 0.6) is 0 Å². The summed E-state index contributed by atoms with van der Waals surface area (Å²) < 4.78 is 0. The van der Waals surface area contributed by atoms with Crippen molar-refractivity contribution in [2.45, 2.75) is 13.5 Å². The summed E-state index contributed by atoms with van der Waals surface area (Å²) in [5.74, 6) is -0.385. The van der Waals surface area contributed by atoms with Crippen molar-refractivity contribution in [3.05, 3.63) is 101 Å². The monoisotopic (exact) mass is 344 g/mol. The average molecular weight is 344 g/mol. The minimum atomic E-state index is -0.206. The summed E-state index contributed by atoms with van der Waals surface area (Å²) in [6, 6.07) is 23.9. The Hall–Kier alpha value is -3.40. The summed E-state index contributed by atoms with van der Waals surface area (Å²) in [5, 5.41) is 5.71. The maximum Gasteiger partial charge on any atom is 0.255 e. The maximum absolute atomic E-state index is 12.4. The highest BCUT2D eigenvalue weighted by molar-refractivity contribution is 6.05. The molecule has 3 aromatic rings. The SMILES string of the molecule is Cc1ccc(CNC(=O)c2cccc(NC(=O)c3ccccc3)c2)cc1. The van der Waals surface area contributed by atoms with Crippen LogP contribution in [0.4, 0.5) is 5.69 Å². The molecule has 0 aliphatic heterocycles. The van der Waals surface area contributed by atoms with Crippen LogP contribution >= 0.6 is 0 Å². The molecule has 0 aliphatic rings. The van der Waals surface area contributed by atoms with Gasteiger partial charge < -0.3 is 10.6 Å². The molecule has 0 fully saturated rings. The minimum absolute atomic E-state index is 0.179. The van der Waals surface area contributed by atoms with E-state index in [0.717, 1.165) is 5.56 Å². The summed E-state index contributed by atoms with van der Waals surface area (Å²) in [5.41, 5.74) is 3.88. The summed E-state index contributed by atoms with van der Waals surface area (Å²) in [6.07, 6.45) is 0. The van der Waals surface area contributed by atoms with E-state index in [0.29, 0.717) is 23.4 Å². The Morgan fingerprint density at radius 2 is 1.46 bits per heavy atom. The highest BCUT2D eigenvalue weighted by Crippen LogP contribution is 2.13. The molecule has 0 unspecified atom stereocenters. The number of benzene rings is 3. The number of amides is 2. The molecule has 0 saturated heterocycles. The van der Waals surface area contributed by atoms with E-state index in [9.17, 15) is 9.59 Å². The van der Waals surface area contributed by atoms with Crippen molar-refractivity contribution in [1.82, 2.24) is 5.32 Å². The van der Waals surface area contributed by atoms with Crippen molar-refractivity contribution in [3.63, 3.8) is 0 Å². The molecule has 3 aromatic carbocycles. The Morgan fingerprint density at radius 3 is 2.19 bits per heavy atom. The standard InChI is InChI=1S/C22H20N2O2/c1-16-10-12-17(13-11-16)15-23-21(25)19-8-5-9-20(14-19)24-22(26)18-6-3-2-4-7-18/h2-14H,15H2,1H3,(H,23,25)(H,24,26). The first-order valence-corrected chi connectivity index (χ1v) is 8.42. The number of rotatable bonds is 5. The molecule has 2 N–H and O–H groups in total. The number of hydrogen-bond donors (Lipinski definition) is 2. The van der Waals surface area contributed by atoms with Gasteiger partial charge in [-0.15, -0.1) is 0 Å². The van der Waals surface area contributed by atoms with Gasteiger partial charge in [0, 0.05) is 23.4 Å². The van der Waals surface area contributed by atoms with Gasteiger partial charge in [0.25, 0.3) is 11.8 Å². The molecule has 0 heterocycles. The normalized spacial score (nSPS) is 10.2. The van der Waals surface area contributed by atoms with Gasteiger partial charge in [-0.2, -0.15) is 0 Å². The van der Waals surface area contributed by atoms with E-state index in [1.54, 1.807) is 36.4 Å². The maximum atomic E-state index is 12.4. The van der Waals surface area contributed by atoms with Crippen LogP contribution in [-0.4, -0.2) is 11.8 Å². The fourth-order valence-electron chi connectivity index (χ4n) is 2.52. The first-order valence-electron chi connectivity index (χ1n) is 8.42. The van der Waals surface area contributed by atoms with Gasteiger partial charge >= 0.3 is 0 Å². The van der Waals surface area contributed by atoms with Crippen LogP contribution in [0.15, 0.2) is 78.9 Å². The van der Waals surface area contributed by atoms with Crippen LogP contribution < -0.4 is 10.6 Å². The fraction of sp³-hybridized carbons (Fsp3) is 0.0909. The van der Waals surface area contributed by atoms with E-state index in [1.807, 2.05) is 49.4 Å². The zero-order valence-corrected chi connectivity index (χ0v) is 14.5. The number of carbonyl (C=O) groups excluding carboxylic acids is 2. The van der Waals surface area contributed by atoms with Gasteiger partial charge in [0.2, 0.25) is 0 Å². The molecule has 0 bridgehead atoms. The predicted molar refractivity (Wildman–Crippen MR) is 103 cm³/mol. The summed E-state index contributed by atoms with van der Waals surface area (Å²) in [4.78, 5) is 24.6. The van der Waals surface area contributed by atoms with Crippen LogP contribution in [0.1, 0.15) is 31.8 Å². The third kappa shape index (κ3) is 4.57. The Morgan fingerprint density at radius 1 is 0.769 bits per heavy atom. The molecule has 4 heteroatoms. The van der Waals surface area contributed by atoms with Crippen molar-refractivity contribution in [2.75, 3.05) is 5.32 Å². The Bertz CT molecular complexity index is 903. The first kappa shape index (κ1) is 17.4. The third-order valence-electron chi connectivity index (χ3n) is 3.99. The number of carbonyl (C=O) groups is 2. The first-order chi connectivity index (χ1) is 12.6. The second-order valence-electron chi connectivity index (χ2n) is 6.07. The number of anilines is 1. The smallest absolute Gasteiger partial charge is 0.255 e. The lowest BCUT2D eigenvalue weighted by atomic mass is 10.1. The highest BCUT2D eigenvalue weighted by Gasteiger charge is 2.09. The van der Waals surface area contributed by atoms with Crippen LogP contribution in [0.25, 0.3) is 0 Å². The van der Waals surface area contributed by atoms with Crippen LogP contribution in [0, 0.1) is 6.92 Å². The topological polar surface area (TPSA) is 58.2 Å². The largest absolute Gasteiger partial charge is 0.348 e. The highest BCUT2D eigenvalue weighted by atomic mass is 16.2. The number of hydrogen-bond acceptors (Lipinski definition) is 2. The van der Waals surface area contributed by atoms with Gasteiger partial charge in [0.15, 0.2) is 0 Å². The van der Waals surface area contributed by atoms with Gasteiger partial charge in [0.1, 0.15) is 0 Å². The third-order valence-corrected chi connectivity index (χ3v) is 3.99. The number of aryl methyl sites for hydroxylation is 1. The molecule has 0 saturated carbocycles. The molecule has 0 atom stereocenters. The lowest BCUT2D eigenvalue weighted by Crippen LogP contribution is -2.23. The Labute approximate surface area is 152 Å². The van der Waals surface area contributed by atoms with E-state index in [-0.39, 0.29) is 11.8 Å². The van der Waals surface area contributed by atoms with Crippen molar-refractivity contribution in [1.29, 1.82) is 0 Å². The Kier molecular flexibility index (Phi) is 5.44. The van der Waals surface area contributed by atoms with E-state index in [1.165, 1.54) is 5.56 Å². The molecule has 0 radical (unpaired) electrons. The van der Waals surface area contributed by atoms with Crippen molar-refractivity contribution in [2.24, 2.45) is 0 Å². The van der Waals surface area contributed by atoms with Crippen molar-refractivity contribution in [3.8, 4) is 0 Å². The van der Waals surface area contributed by atoms with Crippen LogP contribution in [0.3, 0.4) is 0 Å². The molecule has 0 aliphatic carbocycles. The molecular weight excluding hydrogens is 324 g/mol. The van der Waals surface area contributed by atoms with E-state index in [2.05, 4.69) is 10.6 Å². The van der Waals surface area contributed by atoms with Gasteiger partial charge in [0.05, 0.1) is 0 Å². The molecule has 3 rings (SSSR count). The lowest BCUT2D eigenvalue weighted by molar-refractivity contribution is 0.0949. The average Bonchev–Trinajstić information content (AvgIpc) is 2.68. The van der Waals surface area contributed by atoms with Gasteiger partial charge in [-0.1, -0.05) is 54.1 Å². The molecule has 26 heavy (non-hydrogen) atoms. The summed E-state index contributed by atoms with van der Waals surface area (Å²) in [6.45, 7) is 2.48. The zero-order chi connectivity index (χ0) is 18.4. The zero-order valence-electron chi connectivity index (χ0n) is 14.5. The number of nitrogens with one attached hydrogen (secondary N) is 2. The Balaban J connectivity index is 1.63. The van der Waals surface area contributed by atoms with Gasteiger partial charge in [-0.3, -0.25) is 9.59 Å². The van der Waals surface area contributed by atoms with Crippen LogP contribution in [0.2, 0.25) is 0 Å². The van der Waals surface area contributed by atoms with Crippen molar-refractivity contribution < 1.29 is 9.59 Å². The molecule has 130 valence electrons. The summed E-state index contributed by atoms with van der Waals surface area (Å²) >= 11 is 0. The van der Waals surface area contributed by atoms with Crippen molar-refractivity contribution >= 4 is 17.5 Å². The fourth-order valence-corrected chi connectivity index (χ4v) is 2.52. The lowest BCUT2D eigenvalue weighted by Gasteiger charge is -2.09. The van der Waals surface area contributed by atoms with Gasteiger partial charge in [-0.25, -0.2) is 0 Å². The minimum Gasteiger partial charge on any atom is -0.348 e. The molecule has 0 spiro atoms. The second kappa shape index (κ2) is 8.12. The van der Waals surface area contributed by atoms with E-state index in [4.69, 9.17) is 0 Å². The van der Waals surface area contributed by atoms with E-state index < -0.39 is 0 Å². The predicted octanol–water partition coefficient (Wildman–Crippen LogP) is 4.18. The second-order valence-corrected chi connectivity index (χ2v) is 6.07. The van der Waals surface area contributed by atoms with E-state index >= 15 is 0 Å². The molecule has 0 aromatic heterocycles. The molecule has 4 nitrogen and oxygen atoms in total. The van der Waals surface area contributed by atoms with Crippen LogP contribution in [-0.2, 0) is 6.54 Å². The molecule has 2 amide bonds.